The third-order valence-electron chi connectivity index (χ3n) is 2.93. The van der Waals surface area contributed by atoms with E-state index < -0.39 is 0 Å². The number of hydrogen-bond donors (Lipinski definition) is 0. The SMILES string of the molecule is Brc1ccccc1C1(c2ncon2)CC1. The van der Waals surface area contributed by atoms with Crippen LogP contribution in [-0.2, 0) is 5.41 Å². The lowest BCUT2D eigenvalue weighted by Gasteiger charge is -2.12. The van der Waals surface area contributed by atoms with Gasteiger partial charge in [0.1, 0.15) is 0 Å². The Kier molecular flexibility index (Phi) is 1.92. The van der Waals surface area contributed by atoms with E-state index in [2.05, 4.69) is 38.2 Å². The topological polar surface area (TPSA) is 38.9 Å². The van der Waals surface area contributed by atoms with Gasteiger partial charge < -0.3 is 4.52 Å². The molecular formula is C11H9BrN2O. The van der Waals surface area contributed by atoms with Gasteiger partial charge >= 0.3 is 0 Å². The van der Waals surface area contributed by atoms with Crippen molar-refractivity contribution >= 4 is 15.9 Å². The van der Waals surface area contributed by atoms with Crippen LogP contribution in [-0.4, -0.2) is 10.1 Å². The number of benzene rings is 1. The second-order valence-electron chi connectivity index (χ2n) is 3.82. The summed E-state index contributed by atoms with van der Waals surface area (Å²) in [5, 5.41) is 3.96. The van der Waals surface area contributed by atoms with Crippen molar-refractivity contribution in [2.24, 2.45) is 0 Å². The van der Waals surface area contributed by atoms with Crippen LogP contribution in [0, 0.1) is 0 Å². The highest BCUT2D eigenvalue weighted by Gasteiger charge is 2.50. The molecule has 1 aliphatic rings. The van der Waals surface area contributed by atoms with Gasteiger partial charge in [0.25, 0.3) is 0 Å². The third-order valence-corrected chi connectivity index (χ3v) is 3.62. The lowest BCUT2D eigenvalue weighted by molar-refractivity contribution is 0.406. The number of rotatable bonds is 2. The minimum absolute atomic E-state index is 0.00685. The summed E-state index contributed by atoms with van der Waals surface area (Å²) in [5.74, 6) is 0.800. The van der Waals surface area contributed by atoms with Gasteiger partial charge in [-0.2, -0.15) is 4.98 Å². The fraction of sp³-hybridized carbons (Fsp3) is 0.273. The van der Waals surface area contributed by atoms with Crippen LogP contribution in [0.25, 0.3) is 0 Å². The van der Waals surface area contributed by atoms with Gasteiger partial charge in [-0.25, -0.2) is 0 Å². The van der Waals surface area contributed by atoms with Crippen molar-refractivity contribution in [3.63, 3.8) is 0 Å². The lowest BCUT2D eigenvalue weighted by Crippen LogP contribution is -2.11. The zero-order valence-corrected chi connectivity index (χ0v) is 9.57. The first-order valence-electron chi connectivity index (χ1n) is 4.85. The molecule has 0 amide bonds. The summed E-state index contributed by atoms with van der Waals surface area (Å²) in [6.45, 7) is 0. The van der Waals surface area contributed by atoms with Crippen molar-refractivity contribution in [1.29, 1.82) is 0 Å². The predicted octanol–water partition coefficient (Wildman–Crippen LogP) is 2.91. The van der Waals surface area contributed by atoms with Crippen LogP contribution >= 0.6 is 15.9 Å². The maximum Gasteiger partial charge on any atom is 0.213 e. The molecular weight excluding hydrogens is 256 g/mol. The smallest absolute Gasteiger partial charge is 0.213 e. The van der Waals surface area contributed by atoms with E-state index in [9.17, 15) is 0 Å². The summed E-state index contributed by atoms with van der Waals surface area (Å²) in [4.78, 5) is 4.17. The molecule has 0 unspecified atom stereocenters. The summed E-state index contributed by atoms with van der Waals surface area (Å²) < 4.78 is 5.94. The molecule has 1 fully saturated rings. The Bertz CT molecular complexity index is 477. The van der Waals surface area contributed by atoms with E-state index in [1.54, 1.807) is 0 Å². The Morgan fingerprint density at radius 1 is 1.27 bits per heavy atom. The van der Waals surface area contributed by atoms with Crippen molar-refractivity contribution in [2.75, 3.05) is 0 Å². The molecule has 0 N–H and O–H groups in total. The molecule has 0 bridgehead atoms. The maximum absolute atomic E-state index is 4.83. The summed E-state index contributed by atoms with van der Waals surface area (Å²) in [6, 6.07) is 8.23. The Hall–Kier alpha value is -1.16. The Morgan fingerprint density at radius 2 is 2.07 bits per heavy atom. The van der Waals surface area contributed by atoms with E-state index in [4.69, 9.17) is 4.52 Å². The van der Waals surface area contributed by atoms with Gasteiger partial charge in [0.15, 0.2) is 5.82 Å². The van der Waals surface area contributed by atoms with Gasteiger partial charge in [-0.15, -0.1) is 0 Å². The van der Waals surface area contributed by atoms with Gasteiger partial charge in [0.05, 0.1) is 5.41 Å². The van der Waals surface area contributed by atoms with Crippen LogP contribution in [0.5, 0.6) is 0 Å². The Morgan fingerprint density at radius 3 is 2.67 bits per heavy atom. The predicted molar refractivity (Wildman–Crippen MR) is 58.5 cm³/mol. The molecule has 2 aromatic rings. The Balaban J connectivity index is 2.12. The molecule has 0 atom stereocenters. The summed E-state index contributed by atoms with van der Waals surface area (Å²) in [6.07, 6.45) is 3.58. The minimum Gasteiger partial charge on any atom is -0.343 e. The van der Waals surface area contributed by atoms with E-state index in [1.807, 2.05) is 12.1 Å². The summed E-state index contributed by atoms with van der Waals surface area (Å²) in [7, 11) is 0. The molecule has 3 nitrogen and oxygen atoms in total. The summed E-state index contributed by atoms with van der Waals surface area (Å²) in [5.41, 5.74) is 1.25. The number of aromatic nitrogens is 2. The molecule has 4 heteroatoms. The summed E-state index contributed by atoms with van der Waals surface area (Å²) >= 11 is 3.57. The standard InChI is InChI=1S/C11H9BrN2O/c12-9-4-2-1-3-8(9)11(5-6-11)10-13-7-15-14-10/h1-4,7H,5-6H2. The normalized spacial score (nSPS) is 17.7. The van der Waals surface area contributed by atoms with Crippen molar-refractivity contribution in [1.82, 2.24) is 10.1 Å². The average molecular weight is 265 g/mol. The maximum atomic E-state index is 4.83. The van der Waals surface area contributed by atoms with E-state index in [0.717, 1.165) is 23.1 Å². The van der Waals surface area contributed by atoms with Crippen molar-refractivity contribution in [3.8, 4) is 0 Å². The van der Waals surface area contributed by atoms with Crippen molar-refractivity contribution < 1.29 is 4.52 Å². The molecule has 0 spiro atoms. The van der Waals surface area contributed by atoms with Crippen LogP contribution in [0.15, 0.2) is 39.7 Å². The highest BCUT2D eigenvalue weighted by molar-refractivity contribution is 9.10. The van der Waals surface area contributed by atoms with Gasteiger partial charge in [-0.05, 0) is 24.5 Å². The highest BCUT2D eigenvalue weighted by atomic mass is 79.9. The molecule has 1 aromatic heterocycles. The van der Waals surface area contributed by atoms with E-state index in [-0.39, 0.29) is 5.41 Å². The first-order valence-corrected chi connectivity index (χ1v) is 5.64. The molecule has 1 heterocycles. The van der Waals surface area contributed by atoms with Crippen LogP contribution in [0.3, 0.4) is 0 Å². The van der Waals surface area contributed by atoms with Crippen molar-refractivity contribution in [3.05, 3.63) is 46.5 Å². The molecule has 15 heavy (non-hydrogen) atoms. The molecule has 3 rings (SSSR count). The molecule has 0 saturated heterocycles. The molecule has 1 saturated carbocycles. The second kappa shape index (κ2) is 3.17. The Labute approximate surface area is 95.6 Å². The first kappa shape index (κ1) is 9.09. The number of nitrogens with zero attached hydrogens (tertiary/aromatic N) is 2. The fourth-order valence-electron chi connectivity index (χ4n) is 1.97. The molecule has 0 radical (unpaired) electrons. The first-order chi connectivity index (χ1) is 7.33. The lowest BCUT2D eigenvalue weighted by atomic mass is 9.95. The van der Waals surface area contributed by atoms with Gasteiger partial charge in [-0.1, -0.05) is 39.3 Å². The number of hydrogen-bond acceptors (Lipinski definition) is 3. The second-order valence-corrected chi connectivity index (χ2v) is 4.67. The van der Waals surface area contributed by atoms with Crippen molar-refractivity contribution in [2.45, 2.75) is 18.3 Å². The molecule has 1 aromatic carbocycles. The van der Waals surface area contributed by atoms with Gasteiger partial charge in [0, 0.05) is 4.47 Å². The van der Waals surface area contributed by atoms with Crippen LogP contribution in [0.2, 0.25) is 0 Å². The number of halogens is 1. The zero-order chi connectivity index (χ0) is 10.3. The van der Waals surface area contributed by atoms with E-state index >= 15 is 0 Å². The highest BCUT2D eigenvalue weighted by Crippen LogP contribution is 2.53. The molecule has 0 aliphatic heterocycles. The minimum atomic E-state index is -0.00685. The van der Waals surface area contributed by atoms with E-state index in [1.165, 1.54) is 12.0 Å². The third kappa shape index (κ3) is 1.32. The largest absolute Gasteiger partial charge is 0.343 e. The van der Waals surface area contributed by atoms with Gasteiger partial charge in [0.2, 0.25) is 6.39 Å². The quantitative estimate of drug-likeness (QED) is 0.838. The van der Waals surface area contributed by atoms with Crippen LogP contribution in [0.4, 0.5) is 0 Å². The molecule has 76 valence electrons. The van der Waals surface area contributed by atoms with Crippen LogP contribution < -0.4 is 0 Å². The molecule has 1 aliphatic carbocycles. The zero-order valence-electron chi connectivity index (χ0n) is 7.98. The average Bonchev–Trinajstić information content (AvgIpc) is 2.87. The monoisotopic (exact) mass is 264 g/mol. The van der Waals surface area contributed by atoms with Gasteiger partial charge in [-0.3, -0.25) is 0 Å². The fourth-order valence-corrected chi connectivity index (χ4v) is 2.63. The van der Waals surface area contributed by atoms with Crippen LogP contribution in [0.1, 0.15) is 24.2 Å². The van der Waals surface area contributed by atoms with E-state index in [0.29, 0.717) is 0 Å².